The van der Waals surface area contributed by atoms with E-state index in [1.165, 1.54) is 0 Å². The topological polar surface area (TPSA) is 75.6 Å². The Balaban J connectivity index is 1.57. The molecule has 136 valence electrons. The summed E-state index contributed by atoms with van der Waals surface area (Å²) in [5, 5.41) is 12.3. The molecule has 0 aromatic heterocycles. The molecule has 0 fully saturated rings. The maximum atomic E-state index is 12.5. The number of carbonyl (C=O) groups excluding carboxylic acids is 1. The molecule has 5 heteroatoms. The van der Waals surface area contributed by atoms with Crippen LogP contribution >= 0.6 is 0 Å². The molecular formula is C21H23NO4. The van der Waals surface area contributed by atoms with E-state index in [0.29, 0.717) is 19.4 Å². The van der Waals surface area contributed by atoms with Gasteiger partial charge in [-0.05, 0) is 37.0 Å². The molecule has 0 bridgehead atoms. The first-order valence-electron chi connectivity index (χ1n) is 8.79. The van der Waals surface area contributed by atoms with E-state index in [9.17, 15) is 14.7 Å². The minimum absolute atomic E-state index is 0.111. The molecule has 0 aliphatic carbocycles. The first-order chi connectivity index (χ1) is 12.5. The summed E-state index contributed by atoms with van der Waals surface area (Å²) in [4.78, 5) is 24.0. The lowest BCUT2D eigenvalue weighted by atomic mass is 9.95. The van der Waals surface area contributed by atoms with E-state index in [0.717, 1.165) is 22.4 Å². The molecule has 2 N–H and O–H groups in total. The van der Waals surface area contributed by atoms with Crippen LogP contribution in [-0.4, -0.2) is 30.1 Å². The number of aryl methyl sites for hydroxylation is 1. The minimum atomic E-state index is -0.906. The molecule has 2 atom stereocenters. The van der Waals surface area contributed by atoms with Crippen LogP contribution in [0.5, 0.6) is 5.75 Å². The van der Waals surface area contributed by atoms with Crippen molar-refractivity contribution in [1.82, 2.24) is 5.32 Å². The number of carboxylic acids is 1. The lowest BCUT2D eigenvalue weighted by molar-refractivity contribution is -0.141. The van der Waals surface area contributed by atoms with E-state index in [-0.39, 0.29) is 18.4 Å². The summed E-state index contributed by atoms with van der Waals surface area (Å²) in [5.41, 5.74) is 3.06. The van der Waals surface area contributed by atoms with Crippen molar-refractivity contribution in [2.75, 3.05) is 13.2 Å². The summed E-state index contributed by atoms with van der Waals surface area (Å²) >= 11 is 0. The Kier molecular flexibility index (Phi) is 5.56. The van der Waals surface area contributed by atoms with Crippen molar-refractivity contribution >= 4 is 11.9 Å². The van der Waals surface area contributed by atoms with Crippen molar-refractivity contribution in [3.63, 3.8) is 0 Å². The second kappa shape index (κ2) is 8.04. The van der Waals surface area contributed by atoms with Crippen LogP contribution in [0.2, 0.25) is 0 Å². The fourth-order valence-corrected chi connectivity index (χ4v) is 3.23. The van der Waals surface area contributed by atoms with Crippen LogP contribution in [0.25, 0.3) is 0 Å². The maximum Gasteiger partial charge on any atom is 0.308 e. The molecule has 5 nitrogen and oxygen atoms in total. The number of aliphatic carboxylic acids is 1. The first-order valence-corrected chi connectivity index (χ1v) is 8.79. The Hall–Kier alpha value is -2.82. The number of nitrogens with one attached hydrogen (secondary N) is 1. The molecular weight excluding hydrogens is 330 g/mol. The number of hydrogen-bond acceptors (Lipinski definition) is 3. The van der Waals surface area contributed by atoms with Crippen LogP contribution in [0.15, 0.2) is 48.5 Å². The number of benzene rings is 2. The van der Waals surface area contributed by atoms with Crippen molar-refractivity contribution in [3.8, 4) is 5.75 Å². The first kappa shape index (κ1) is 18.0. The minimum Gasteiger partial charge on any atom is -0.492 e. The molecule has 1 heterocycles. The van der Waals surface area contributed by atoms with Crippen LogP contribution in [0, 0.1) is 18.8 Å². The molecule has 2 aromatic carbocycles. The van der Waals surface area contributed by atoms with Gasteiger partial charge in [0.05, 0.1) is 11.8 Å². The second-order valence-electron chi connectivity index (χ2n) is 6.79. The SMILES string of the molecule is Cc1cccc(CC(CNC(=O)C2COc3ccccc3C2)C(=O)O)c1. The van der Waals surface area contributed by atoms with Crippen molar-refractivity contribution < 1.29 is 19.4 Å². The summed E-state index contributed by atoms with van der Waals surface area (Å²) in [6, 6.07) is 15.5. The van der Waals surface area contributed by atoms with Crippen LogP contribution in [-0.2, 0) is 22.4 Å². The summed E-state index contributed by atoms with van der Waals surface area (Å²) < 4.78 is 5.64. The zero-order valence-electron chi connectivity index (χ0n) is 14.8. The molecule has 1 aliphatic heterocycles. The third-order valence-corrected chi connectivity index (χ3v) is 4.69. The molecule has 0 spiro atoms. The molecule has 0 radical (unpaired) electrons. The highest BCUT2D eigenvalue weighted by Crippen LogP contribution is 2.26. The summed E-state index contributed by atoms with van der Waals surface area (Å²) in [7, 11) is 0. The molecule has 1 amide bonds. The summed E-state index contributed by atoms with van der Waals surface area (Å²) in [6.07, 6.45) is 0.999. The Morgan fingerprint density at radius 2 is 2.04 bits per heavy atom. The zero-order valence-corrected chi connectivity index (χ0v) is 14.8. The lowest BCUT2D eigenvalue weighted by Gasteiger charge is -2.25. The summed E-state index contributed by atoms with van der Waals surface area (Å²) in [5.74, 6) is -1.19. The standard InChI is InChI=1S/C21H23NO4/c1-14-5-4-6-15(9-14)10-17(21(24)25)12-22-20(23)18-11-16-7-2-3-8-19(16)26-13-18/h2-9,17-18H,10-13H2,1H3,(H,22,23)(H,24,25). The predicted octanol–water partition coefficient (Wildman–Crippen LogP) is 2.61. The van der Waals surface area contributed by atoms with Gasteiger partial charge in [-0.2, -0.15) is 0 Å². The lowest BCUT2D eigenvalue weighted by Crippen LogP contribution is -2.41. The fraction of sp³-hybridized carbons (Fsp3) is 0.333. The molecule has 2 aromatic rings. The Morgan fingerprint density at radius 1 is 1.23 bits per heavy atom. The number of amides is 1. The highest BCUT2D eigenvalue weighted by molar-refractivity contribution is 5.80. The Bertz CT molecular complexity index is 802. The van der Waals surface area contributed by atoms with Crippen LogP contribution < -0.4 is 10.1 Å². The van der Waals surface area contributed by atoms with Gasteiger partial charge >= 0.3 is 5.97 Å². The second-order valence-corrected chi connectivity index (χ2v) is 6.79. The van der Waals surface area contributed by atoms with Gasteiger partial charge in [-0.15, -0.1) is 0 Å². The molecule has 1 aliphatic rings. The van der Waals surface area contributed by atoms with E-state index in [1.54, 1.807) is 0 Å². The Morgan fingerprint density at radius 3 is 2.81 bits per heavy atom. The van der Waals surface area contributed by atoms with E-state index in [4.69, 9.17) is 4.74 Å². The van der Waals surface area contributed by atoms with Gasteiger partial charge in [0.1, 0.15) is 12.4 Å². The molecule has 2 unspecified atom stereocenters. The van der Waals surface area contributed by atoms with Gasteiger partial charge in [-0.25, -0.2) is 0 Å². The third kappa shape index (κ3) is 4.42. The monoisotopic (exact) mass is 353 g/mol. The number of hydrogen-bond donors (Lipinski definition) is 2. The van der Waals surface area contributed by atoms with Crippen molar-refractivity contribution in [3.05, 3.63) is 65.2 Å². The number of ether oxygens (including phenoxy) is 1. The normalized spacial score (nSPS) is 16.9. The van der Waals surface area contributed by atoms with Crippen LogP contribution in [0.4, 0.5) is 0 Å². The maximum absolute atomic E-state index is 12.5. The van der Waals surface area contributed by atoms with Gasteiger partial charge in [-0.3, -0.25) is 9.59 Å². The van der Waals surface area contributed by atoms with Crippen LogP contribution in [0.1, 0.15) is 16.7 Å². The Labute approximate surface area is 153 Å². The van der Waals surface area contributed by atoms with Gasteiger partial charge in [0.25, 0.3) is 0 Å². The van der Waals surface area contributed by atoms with Gasteiger partial charge in [0.15, 0.2) is 0 Å². The number of fused-ring (bicyclic) bond motifs is 1. The number of carboxylic acid groups (broad SMARTS) is 1. The average molecular weight is 353 g/mol. The highest BCUT2D eigenvalue weighted by atomic mass is 16.5. The molecule has 0 saturated heterocycles. The van der Waals surface area contributed by atoms with Gasteiger partial charge in [0.2, 0.25) is 5.91 Å². The number of carbonyl (C=O) groups is 2. The van der Waals surface area contributed by atoms with E-state index >= 15 is 0 Å². The summed E-state index contributed by atoms with van der Waals surface area (Å²) in [6.45, 7) is 2.40. The van der Waals surface area contributed by atoms with Crippen LogP contribution in [0.3, 0.4) is 0 Å². The van der Waals surface area contributed by atoms with Crippen molar-refractivity contribution in [2.24, 2.45) is 11.8 Å². The fourth-order valence-electron chi connectivity index (χ4n) is 3.23. The van der Waals surface area contributed by atoms with E-state index in [1.807, 2.05) is 55.5 Å². The number of para-hydroxylation sites is 1. The molecule has 3 rings (SSSR count). The third-order valence-electron chi connectivity index (χ3n) is 4.69. The number of rotatable bonds is 6. The molecule has 0 saturated carbocycles. The van der Waals surface area contributed by atoms with Crippen molar-refractivity contribution in [2.45, 2.75) is 19.8 Å². The smallest absolute Gasteiger partial charge is 0.308 e. The van der Waals surface area contributed by atoms with Gasteiger partial charge in [0, 0.05) is 6.54 Å². The highest BCUT2D eigenvalue weighted by Gasteiger charge is 2.27. The van der Waals surface area contributed by atoms with Crippen molar-refractivity contribution in [1.29, 1.82) is 0 Å². The zero-order chi connectivity index (χ0) is 18.5. The average Bonchev–Trinajstić information content (AvgIpc) is 2.64. The van der Waals surface area contributed by atoms with E-state index < -0.39 is 11.9 Å². The van der Waals surface area contributed by atoms with Gasteiger partial charge in [-0.1, -0.05) is 48.0 Å². The quantitative estimate of drug-likeness (QED) is 0.837. The van der Waals surface area contributed by atoms with E-state index in [2.05, 4.69) is 5.32 Å². The predicted molar refractivity (Wildman–Crippen MR) is 98.1 cm³/mol. The van der Waals surface area contributed by atoms with Gasteiger partial charge < -0.3 is 15.2 Å². The largest absolute Gasteiger partial charge is 0.492 e. The molecule has 26 heavy (non-hydrogen) atoms.